The molecule has 1 N–H and O–H groups in total. The number of amides is 1. The third-order valence-corrected chi connectivity index (χ3v) is 6.00. The SMILES string of the molecule is CN(CC1CCOCC1)C(C)(C)C(=O)Nc1nnc(C(C)(C)C#N)s1. The quantitative estimate of drug-likeness (QED) is 0.832. The zero-order valence-corrected chi connectivity index (χ0v) is 16.4. The third kappa shape index (κ3) is 4.75. The topological polar surface area (TPSA) is 91.1 Å². The van der Waals surface area contributed by atoms with Gasteiger partial charge in [0.1, 0.15) is 10.4 Å². The highest BCUT2D eigenvalue weighted by molar-refractivity contribution is 7.15. The summed E-state index contributed by atoms with van der Waals surface area (Å²) >= 11 is 1.24. The maximum Gasteiger partial charge on any atom is 0.246 e. The number of hydrogen-bond acceptors (Lipinski definition) is 7. The molecule has 0 atom stereocenters. The van der Waals surface area contributed by atoms with E-state index in [1.165, 1.54) is 11.3 Å². The van der Waals surface area contributed by atoms with E-state index >= 15 is 0 Å². The van der Waals surface area contributed by atoms with Crippen molar-refractivity contribution in [2.75, 3.05) is 32.1 Å². The maximum atomic E-state index is 12.7. The van der Waals surface area contributed by atoms with Crippen LogP contribution in [-0.4, -0.2) is 53.3 Å². The largest absolute Gasteiger partial charge is 0.381 e. The van der Waals surface area contributed by atoms with E-state index in [4.69, 9.17) is 4.74 Å². The molecule has 7 nitrogen and oxygen atoms in total. The van der Waals surface area contributed by atoms with Crippen LogP contribution in [0.25, 0.3) is 0 Å². The predicted molar refractivity (Wildman–Crippen MR) is 97.4 cm³/mol. The van der Waals surface area contributed by atoms with E-state index in [1.54, 1.807) is 13.8 Å². The first-order valence-electron chi connectivity index (χ1n) is 8.52. The first kappa shape index (κ1) is 19.8. The van der Waals surface area contributed by atoms with Crippen LogP contribution in [0.15, 0.2) is 0 Å². The van der Waals surface area contributed by atoms with Crippen LogP contribution in [0.3, 0.4) is 0 Å². The molecule has 25 heavy (non-hydrogen) atoms. The molecule has 1 aromatic rings. The summed E-state index contributed by atoms with van der Waals surface area (Å²) in [4.78, 5) is 14.8. The summed E-state index contributed by atoms with van der Waals surface area (Å²) in [6, 6.07) is 2.19. The number of nitrogens with one attached hydrogen (secondary N) is 1. The first-order valence-corrected chi connectivity index (χ1v) is 9.34. The van der Waals surface area contributed by atoms with Crippen molar-refractivity contribution in [3.8, 4) is 6.07 Å². The summed E-state index contributed by atoms with van der Waals surface area (Å²) in [6.07, 6.45) is 2.07. The Morgan fingerprint density at radius 1 is 1.36 bits per heavy atom. The molecule has 138 valence electrons. The normalized spacial score (nSPS) is 16.7. The average molecular weight is 366 g/mol. The fourth-order valence-electron chi connectivity index (χ4n) is 2.54. The number of nitriles is 1. The van der Waals surface area contributed by atoms with Crippen molar-refractivity contribution in [2.24, 2.45) is 5.92 Å². The molecular weight excluding hydrogens is 338 g/mol. The van der Waals surface area contributed by atoms with Gasteiger partial charge in [0.05, 0.1) is 11.6 Å². The highest BCUT2D eigenvalue weighted by atomic mass is 32.1. The van der Waals surface area contributed by atoms with Crippen molar-refractivity contribution >= 4 is 22.4 Å². The third-order valence-electron chi connectivity index (χ3n) is 4.84. The minimum Gasteiger partial charge on any atom is -0.381 e. The van der Waals surface area contributed by atoms with Crippen molar-refractivity contribution in [1.82, 2.24) is 15.1 Å². The van der Waals surface area contributed by atoms with Crippen LogP contribution in [0.5, 0.6) is 0 Å². The van der Waals surface area contributed by atoms with Crippen molar-refractivity contribution < 1.29 is 9.53 Å². The molecule has 1 aliphatic rings. The number of ether oxygens (including phenoxy) is 1. The number of anilines is 1. The van der Waals surface area contributed by atoms with Crippen LogP contribution < -0.4 is 5.32 Å². The van der Waals surface area contributed by atoms with Gasteiger partial charge < -0.3 is 4.74 Å². The lowest BCUT2D eigenvalue weighted by Crippen LogP contribution is -2.52. The van der Waals surface area contributed by atoms with Crippen LogP contribution in [0.2, 0.25) is 0 Å². The Labute approximate surface area is 153 Å². The van der Waals surface area contributed by atoms with E-state index in [1.807, 2.05) is 20.9 Å². The molecule has 0 radical (unpaired) electrons. The molecular formula is C17H27N5O2S. The zero-order valence-electron chi connectivity index (χ0n) is 15.6. The Kier molecular flexibility index (Phi) is 6.14. The number of likely N-dealkylation sites (N-methyl/N-ethyl adjacent to an activating group) is 1. The van der Waals surface area contributed by atoms with E-state index in [0.29, 0.717) is 16.1 Å². The van der Waals surface area contributed by atoms with Gasteiger partial charge in [-0.25, -0.2) is 0 Å². The summed E-state index contributed by atoms with van der Waals surface area (Å²) in [7, 11) is 1.97. The summed E-state index contributed by atoms with van der Waals surface area (Å²) < 4.78 is 5.40. The van der Waals surface area contributed by atoms with E-state index in [2.05, 4.69) is 26.5 Å². The van der Waals surface area contributed by atoms with Crippen LogP contribution in [0.4, 0.5) is 5.13 Å². The van der Waals surface area contributed by atoms with Crippen LogP contribution >= 0.6 is 11.3 Å². The maximum absolute atomic E-state index is 12.7. The van der Waals surface area contributed by atoms with E-state index in [9.17, 15) is 10.1 Å². The Morgan fingerprint density at radius 3 is 2.60 bits per heavy atom. The second-order valence-electron chi connectivity index (χ2n) is 7.60. The molecule has 1 saturated heterocycles. The van der Waals surface area contributed by atoms with Gasteiger partial charge in [0, 0.05) is 19.8 Å². The van der Waals surface area contributed by atoms with Gasteiger partial charge >= 0.3 is 0 Å². The molecule has 1 aromatic heterocycles. The summed E-state index contributed by atoms with van der Waals surface area (Å²) in [6.45, 7) is 9.83. The number of nitrogens with zero attached hydrogens (tertiary/aromatic N) is 4. The molecule has 0 saturated carbocycles. The summed E-state index contributed by atoms with van der Waals surface area (Å²) in [5.41, 5.74) is -1.38. The molecule has 1 amide bonds. The van der Waals surface area contributed by atoms with Crippen LogP contribution in [0, 0.1) is 17.2 Å². The number of hydrogen-bond donors (Lipinski definition) is 1. The predicted octanol–water partition coefficient (Wildman–Crippen LogP) is 2.41. The molecule has 2 rings (SSSR count). The standard InChI is InChI=1S/C17H27N5O2S/c1-16(2,11-18)14-20-21-15(25-14)19-13(23)17(3,4)22(5)10-12-6-8-24-9-7-12/h12H,6-10H2,1-5H3,(H,19,21,23). The molecule has 0 bridgehead atoms. The lowest BCUT2D eigenvalue weighted by atomic mass is 9.95. The van der Waals surface area contributed by atoms with Gasteiger partial charge in [0.25, 0.3) is 0 Å². The van der Waals surface area contributed by atoms with Crippen molar-refractivity contribution in [1.29, 1.82) is 5.26 Å². The van der Waals surface area contributed by atoms with Gasteiger partial charge in [0.15, 0.2) is 0 Å². The van der Waals surface area contributed by atoms with Gasteiger partial charge in [-0.05, 0) is 53.5 Å². The molecule has 0 aliphatic carbocycles. The van der Waals surface area contributed by atoms with Crippen molar-refractivity contribution in [3.05, 3.63) is 5.01 Å². The number of carbonyl (C=O) groups excluding carboxylic acids is 1. The Bertz CT molecular complexity index is 644. The molecule has 8 heteroatoms. The van der Waals surface area contributed by atoms with Crippen LogP contribution in [-0.2, 0) is 14.9 Å². The average Bonchev–Trinajstić information content (AvgIpc) is 3.05. The van der Waals surface area contributed by atoms with Gasteiger partial charge in [0.2, 0.25) is 11.0 Å². The van der Waals surface area contributed by atoms with Gasteiger partial charge in [-0.2, -0.15) is 5.26 Å². The second-order valence-corrected chi connectivity index (χ2v) is 8.58. The van der Waals surface area contributed by atoms with Crippen molar-refractivity contribution in [2.45, 2.75) is 51.5 Å². The lowest BCUT2D eigenvalue weighted by molar-refractivity contribution is -0.126. The van der Waals surface area contributed by atoms with Gasteiger partial charge in [-0.1, -0.05) is 11.3 Å². The Balaban J connectivity index is 1.99. The molecule has 0 spiro atoms. The smallest absolute Gasteiger partial charge is 0.246 e. The summed E-state index contributed by atoms with van der Waals surface area (Å²) in [5.74, 6) is 0.426. The van der Waals surface area contributed by atoms with Crippen LogP contribution in [0.1, 0.15) is 45.5 Å². The fourth-order valence-corrected chi connectivity index (χ4v) is 3.33. The highest BCUT2D eigenvalue weighted by Gasteiger charge is 2.35. The molecule has 2 heterocycles. The molecule has 0 unspecified atom stereocenters. The van der Waals surface area contributed by atoms with E-state index < -0.39 is 11.0 Å². The Hall–Kier alpha value is -1.56. The summed E-state index contributed by atoms with van der Waals surface area (Å²) in [5, 5.41) is 21.1. The zero-order chi connectivity index (χ0) is 18.7. The van der Waals surface area contributed by atoms with E-state index in [-0.39, 0.29) is 5.91 Å². The van der Waals surface area contributed by atoms with Gasteiger partial charge in [-0.15, -0.1) is 10.2 Å². The Morgan fingerprint density at radius 2 is 2.00 bits per heavy atom. The second kappa shape index (κ2) is 7.77. The minimum atomic E-state index is -0.712. The van der Waals surface area contributed by atoms with Crippen molar-refractivity contribution in [3.63, 3.8) is 0 Å². The molecule has 1 fully saturated rings. The number of rotatable bonds is 6. The molecule has 1 aliphatic heterocycles. The molecule has 0 aromatic carbocycles. The number of aromatic nitrogens is 2. The first-order chi connectivity index (χ1) is 11.7. The lowest BCUT2D eigenvalue weighted by Gasteiger charge is -2.37. The van der Waals surface area contributed by atoms with Gasteiger partial charge in [-0.3, -0.25) is 15.0 Å². The monoisotopic (exact) mass is 365 g/mol. The highest BCUT2D eigenvalue weighted by Crippen LogP contribution is 2.29. The number of carbonyl (C=O) groups is 1. The minimum absolute atomic E-state index is 0.125. The fraction of sp³-hybridized carbons (Fsp3) is 0.765. The van der Waals surface area contributed by atoms with E-state index in [0.717, 1.165) is 32.6 Å².